The number of aromatic amines is 1. The number of nitrogens with zero attached hydrogens (tertiary/aromatic N) is 2. The van der Waals surface area contributed by atoms with Crippen LogP contribution in [0.25, 0.3) is 10.8 Å². The molecule has 1 aromatic heterocycles. The van der Waals surface area contributed by atoms with Gasteiger partial charge in [0.1, 0.15) is 12.2 Å². The molecule has 0 fully saturated rings. The van der Waals surface area contributed by atoms with Crippen LogP contribution < -0.4 is 5.32 Å². The van der Waals surface area contributed by atoms with E-state index in [1.165, 1.54) is 16.3 Å². The van der Waals surface area contributed by atoms with E-state index in [9.17, 15) is 0 Å². The number of benzene rings is 2. The van der Waals surface area contributed by atoms with Crippen molar-refractivity contribution in [2.45, 2.75) is 19.4 Å². The number of rotatable bonds is 5. The van der Waals surface area contributed by atoms with Crippen LogP contribution in [0, 0.1) is 0 Å². The van der Waals surface area contributed by atoms with Crippen LogP contribution in [0.1, 0.15) is 24.4 Å². The molecule has 0 saturated heterocycles. The Balaban J connectivity index is 1.70. The molecule has 1 unspecified atom stereocenters. The van der Waals surface area contributed by atoms with E-state index in [1.54, 1.807) is 6.33 Å². The fourth-order valence-electron chi connectivity index (χ4n) is 2.50. The Morgan fingerprint density at radius 3 is 2.85 bits per heavy atom. The first-order valence-corrected chi connectivity index (χ1v) is 6.90. The molecule has 2 N–H and O–H groups in total. The molecular weight excluding hydrogens is 248 g/mol. The smallest absolute Gasteiger partial charge is 0.137 e. The van der Waals surface area contributed by atoms with Crippen LogP contribution in [0.15, 0.2) is 48.8 Å². The van der Waals surface area contributed by atoms with Crippen molar-refractivity contribution in [2.75, 3.05) is 6.54 Å². The Kier molecular flexibility index (Phi) is 3.74. The van der Waals surface area contributed by atoms with Gasteiger partial charge in [-0.15, -0.1) is 0 Å². The number of fused-ring (bicyclic) bond motifs is 1. The molecule has 4 nitrogen and oxygen atoms in total. The SMILES string of the molecule is CC(NCCc1ncn[nH]1)c1cccc2ccccc12. The zero-order valence-electron chi connectivity index (χ0n) is 11.5. The van der Waals surface area contributed by atoms with Gasteiger partial charge in [0.05, 0.1) is 0 Å². The molecule has 20 heavy (non-hydrogen) atoms. The van der Waals surface area contributed by atoms with E-state index in [2.05, 4.69) is 69.9 Å². The molecule has 0 saturated carbocycles. The topological polar surface area (TPSA) is 53.6 Å². The van der Waals surface area contributed by atoms with E-state index in [4.69, 9.17) is 0 Å². The van der Waals surface area contributed by atoms with E-state index >= 15 is 0 Å². The first-order chi connectivity index (χ1) is 9.84. The zero-order chi connectivity index (χ0) is 13.8. The maximum Gasteiger partial charge on any atom is 0.137 e. The Morgan fingerprint density at radius 2 is 2.00 bits per heavy atom. The number of aromatic nitrogens is 3. The molecule has 1 heterocycles. The van der Waals surface area contributed by atoms with Gasteiger partial charge >= 0.3 is 0 Å². The van der Waals surface area contributed by atoms with Gasteiger partial charge in [-0.2, -0.15) is 5.10 Å². The highest BCUT2D eigenvalue weighted by Crippen LogP contribution is 2.23. The van der Waals surface area contributed by atoms with Crippen LogP contribution in [0.2, 0.25) is 0 Å². The van der Waals surface area contributed by atoms with Crippen LogP contribution >= 0.6 is 0 Å². The molecule has 2 aromatic carbocycles. The molecule has 0 aliphatic heterocycles. The minimum Gasteiger partial charge on any atom is -0.310 e. The predicted molar refractivity (Wildman–Crippen MR) is 80.5 cm³/mol. The van der Waals surface area contributed by atoms with Crippen LogP contribution in [-0.2, 0) is 6.42 Å². The van der Waals surface area contributed by atoms with Gasteiger partial charge in [-0.25, -0.2) is 4.98 Å². The fourth-order valence-corrected chi connectivity index (χ4v) is 2.50. The van der Waals surface area contributed by atoms with Crippen molar-refractivity contribution in [3.63, 3.8) is 0 Å². The van der Waals surface area contributed by atoms with Gasteiger partial charge in [-0.05, 0) is 23.3 Å². The number of H-pyrrole nitrogens is 1. The van der Waals surface area contributed by atoms with Gasteiger partial charge in [0.2, 0.25) is 0 Å². The lowest BCUT2D eigenvalue weighted by molar-refractivity contribution is 0.573. The van der Waals surface area contributed by atoms with Gasteiger partial charge in [-0.3, -0.25) is 5.10 Å². The van der Waals surface area contributed by atoms with Crippen molar-refractivity contribution in [1.82, 2.24) is 20.5 Å². The molecule has 3 aromatic rings. The predicted octanol–water partition coefficient (Wildman–Crippen LogP) is 2.85. The van der Waals surface area contributed by atoms with Crippen molar-refractivity contribution in [2.24, 2.45) is 0 Å². The first-order valence-electron chi connectivity index (χ1n) is 6.90. The van der Waals surface area contributed by atoms with Crippen LogP contribution in [-0.4, -0.2) is 21.7 Å². The van der Waals surface area contributed by atoms with E-state index in [1.807, 2.05) is 0 Å². The minimum atomic E-state index is 0.309. The summed E-state index contributed by atoms with van der Waals surface area (Å²) in [5.74, 6) is 0.919. The summed E-state index contributed by atoms with van der Waals surface area (Å²) >= 11 is 0. The second-order valence-electron chi connectivity index (χ2n) is 4.93. The van der Waals surface area contributed by atoms with E-state index < -0.39 is 0 Å². The largest absolute Gasteiger partial charge is 0.310 e. The lowest BCUT2D eigenvalue weighted by Crippen LogP contribution is -2.21. The molecule has 102 valence electrons. The normalized spacial score (nSPS) is 12.7. The molecule has 0 radical (unpaired) electrons. The van der Waals surface area contributed by atoms with Gasteiger partial charge in [0.25, 0.3) is 0 Å². The molecule has 0 bridgehead atoms. The summed E-state index contributed by atoms with van der Waals surface area (Å²) < 4.78 is 0. The number of nitrogens with one attached hydrogen (secondary N) is 2. The summed E-state index contributed by atoms with van der Waals surface area (Å²) in [6, 6.07) is 15.3. The minimum absolute atomic E-state index is 0.309. The first kappa shape index (κ1) is 12.8. The highest BCUT2D eigenvalue weighted by atomic mass is 15.2. The standard InChI is InChI=1S/C16H18N4/c1-12(17-10-9-16-18-11-19-20-16)14-8-4-6-13-5-2-3-7-15(13)14/h2-8,11-12,17H,9-10H2,1H3,(H,18,19,20). The lowest BCUT2D eigenvalue weighted by atomic mass is 10.00. The second kappa shape index (κ2) is 5.84. The molecule has 0 spiro atoms. The van der Waals surface area contributed by atoms with Gasteiger partial charge in [0.15, 0.2) is 0 Å². The highest BCUT2D eigenvalue weighted by Gasteiger charge is 2.08. The number of hydrogen-bond acceptors (Lipinski definition) is 3. The third-order valence-electron chi connectivity index (χ3n) is 3.57. The average molecular weight is 266 g/mol. The van der Waals surface area contributed by atoms with E-state index in [0.29, 0.717) is 6.04 Å². The lowest BCUT2D eigenvalue weighted by Gasteiger charge is -2.16. The zero-order valence-corrected chi connectivity index (χ0v) is 11.5. The molecular formula is C16H18N4. The van der Waals surface area contributed by atoms with Gasteiger partial charge in [0, 0.05) is 19.0 Å². The molecule has 0 amide bonds. The monoisotopic (exact) mass is 266 g/mol. The summed E-state index contributed by atoms with van der Waals surface area (Å²) in [5, 5.41) is 12.9. The molecule has 4 heteroatoms. The van der Waals surface area contributed by atoms with Crippen LogP contribution in [0.4, 0.5) is 0 Å². The third-order valence-corrected chi connectivity index (χ3v) is 3.57. The van der Waals surface area contributed by atoms with Crippen molar-refractivity contribution in [3.05, 3.63) is 60.2 Å². The van der Waals surface area contributed by atoms with Crippen molar-refractivity contribution >= 4 is 10.8 Å². The Labute approximate surface area is 118 Å². The van der Waals surface area contributed by atoms with Crippen molar-refractivity contribution in [3.8, 4) is 0 Å². The average Bonchev–Trinajstić information content (AvgIpc) is 3.00. The quantitative estimate of drug-likeness (QED) is 0.746. The maximum absolute atomic E-state index is 4.13. The Bertz CT molecular complexity index is 671. The van der Waals surface area contributed by atoms with Gasteiger partial charge in [-0.1, -0.05) is 42.5 Å². The Hall–Kier alpha value is -2.20. The molecule has 0 aliphatic rings. The number of hydrogen-bond donors (Lipinski definition) is 2. The maximum atomic E-state index is 4.13. The summed E-state index contributed by atoms with van der Waals surface area (Å²) in [4.78, 5) is 4.13. The summed E-state index contributed by atoms with van der Waals surface area (Å²) in [5.41, 5.74) is 1.33. The summed E-state index contributed by atoms with van der Waals surface area (Å²) in [6.07, 6.45) is 2.40. The summed E-state index contributed by atoms with van der Waals surface area (Å²) in [7, 11) is 0. The molecule has 1 atom stereocenters. The Morgan fingerprint density at radius 1 is 1.15 bits per heavy atom. The van der Waals surface area contributed by atoms with Crippen LogP contribution in [0.3, 0.4) is 0 Å². The van der Waals surface area contributed by atoms with E-state index in [0.717, 1.165) is 18.8 Å². The van der Waals surface area contributed by atoms with Gasteiger partial charge < -0.3 is 5.32 Å². The molecule has 3 rings (SSSR count). The highest BCUT2D eigenvalue weighted by molar-refractivity contribution is 5.86. The summed E-state index contributed by atoms with van der Waals surface area (Å²) in [6.45, 7) is 3.07. The fraction of sp³-hybridized carbons (Fsp3) is 0.250. The molecule has 0 aliphatic carbocycles. The van der Waals surface area contributed by atoms with E-state index in [-0.39, 0.29) is 0 Å². The van der Waals surface area contributed by atoms with Crippen molar-refractivity contribution in [1.29, 1.82) is 0 Å². The third kappa shape index (κ3) is 2.70. The van der Waals surface area contributed by atoms with Crippen molar-refractivity contribution < 1.29 is 0 Å². The van der Waals surface area contributed by atoms with Crippen LogP contribution in [0.5, 0.6) is 0 Å². The second-order valence-corrected chi connectivity index (χ2v) is 4.93.